The van der Waals surface area contributed by atoms with Crippen LogP contribution in [0.3, 0.4) is 0 Å². The average molecular weight is 361 g/mol. The third-order valence-electron chi connectivity index (χ3n) is 3.58. The predicted molar refractivity (Wildman–Crippen MR) is 78.4 cm³/mol. The maximum absolute atomic E-state index is 11.1. The van der Waals surface area contributed by atoms with Gasteiger partial charge in [-0.2, -0.15) is 0 Å². The molecule has 2 aromatic rings. The van der Waals surface area contributed by atoms with Crippen LogP contribution in [0.5, 0.6) is 0 Å². The molecule has 132 valence electrons. The number of ether oxygens (including phenoxy) is 1. The molecule has 0 amide bonds. The minimum atomic E-state index is -4.89. The minimum Gasteiger partial charge on any atom is -0.394 e. The van der Waals surface area contributed by atoms with Gasteiger partial charge in [0.25, 0.3) is 0 Å². The summed E-state index contributed by atoms with van der Waals surface area (Å²) in [7, 11) is -4.89. The van der Waals surface area contributed by atoms with Crippen LogP contribution in [0.1, 0.15) is 12.1 Å². The number of aliphatic hydroxyl groups is 2. The van der Waals surface area contributed by atoms with Crippen LogP contribution in [0.15, 0.2) is 6.33 Å². The van der Waals surface area contributed by atoms with Crippen LogP contribution in [-0.4, -0.2) is 64.4 Å². The summed E-state index contributed by atoms with van der Waals surface area (Å²) in [4.78, 5) is 30.1. The topological polar surface area (TPSA) is 186 Å². The predicted octanol–water partition coefficient (Wildman–Crippen LogP) is -1.55. The van der Waals surface area contributed by atoms with Crippen LogP contribution >= 0.6 is 7.82 Å². The van der Waals surface area contributed by atoms with E-state index >= 15 is 0 Å². The molecule has 0 bridgehead atoms. The number of aliphatic hydroxyl groups excluding tert-OH is 2. The van der Waals surface area contributed by atoms with Crippen molar-refractivity contribution in [1.82, 2.24) is 19.5 Å². The Morgan fingerprint density at radius 1 is 1.46 bits per heavy atom. The third-order valence-corrected chi connectivity index (χ3v) is 4.10. The number of nitrogen functional groups attached to an aromatic ring is 1. The molecule has 24 heavy (non-hydrogen) atoms. The Kier molecular flexibility index (Phi) is 4.30. The van der Waals surface area contributed by atoms with E-state index in [-0.39, 0.29) is 17.0 Å². The second kappa shape index (κ2) is 6.01. The van der Waals surface area contributed by atoms with Gasteiger partial charge in [-0.3, -0.25) is 9.09 Å². The Bertz CT molecular complexity index is 807. The van der Waals surface area contributed by atoms with Gasteiger partial charge in [-0.25, -0.2) is 19.5 Å². The Morgan fingerprint density at radius 3 is 2.79 bits per heavy atom. The van der Waals surface area contributed by atoms with Gasteiger partial charge in [-0.05, 0) is 6.92 Å². The lowest BCUT2D eigenvalue weighted by atomic mass is 10.1. The van der Waals surface area contributed by atoms with E-state index < -0.39 is 39.0 Å². The van der Waals surface area contributed by atoms with Gasteiger partial charge in [-0.15, -0.1) is 0 Å². The second-order valence-corrected chi connectivity index (χ2v) is 6.47. The Balaban J connectivity index is 2.00. The van der Waals surface area contributed by atoms with E-state index in [1.807, 2.05) is 0 Å². The Morgan fingerprint density at radius 2 is 2.17 bits per heavy atom. The number of hydrogen-bond acceptors (Lipinski definition) is 9. The molecular weight excluding hydrogens is 345 g/mol. The monoisotopic (exact) mass is 361 g/mol. The quantitative estimate of drug-likeness (QED) is 0.397. The average Bonchev–Trinajstić information content (AvgIpc) is 3.00. The summed E-state index contributed by atoms with van der Waals surface area (Å²) < 4.78 is 22.4. The van der Waals surface area contributed by atoms with Crippen molar-refractivity contribution < 1.29 is 33.8 Å². The van der Waals surface area contributed by atoms with E-state index in [1.54, 1.807) is 6.92 Å². The molecule has 6 N–H and O–H groups in total. The smallest absolute Gasteiger partial charge is 0.394 e. The third kappa shape index (κ3) is 3.00. The standard InChI is InChI=1S/C11H16N5O7P/c1-4-14-9(12)6-10(15-4)16(3-13-6)11-7(18)8(5(2-17)22-11)23-24(19,20)21/h3,5,7-8,11,17-18H,2H2,1H3,(H2,12,14,15)(H2,19,20,21)/t5-,7-,8-,11-/m1/s1. The molecule has 0 aromatic carbocycles. The van der Waals surface area contributed by atoms with Crippen LogP contribution in [0.4, 0.5) is 5.82 Å². The minimum absolute atomic E-state index is 0.144. The summed E-state index contributed by atoms with van der Waals surface area (Å²) >= 11 is 0. The highest BCUT2D eigenvalue weighted by Gasteiger charge is 2.48. The maximum Gasteiger partial charge on any atom is 0.470 e. The molecule has 13 heteroatoms. The van der Waals surface area contributed by atoms with E-state index in [9.17, 15) is 14.8 Å². The van der Waals surface area contributed by atoms with Crippen molar-refractivity contribution in [3.63, 3.8) is 0 Å². The van der Waals surface area contributed by atoms with E-state index in [2.05, 4.69) is 19.5 Å². The first-order valence-corrected chi connectivity index (χ1v) is 8.39. The molecule has 3 rings (SSSR count). The highest BCUT2D eigenvalue weighted by atomic mass is 31.2. The molecule has 2 aromatic heterocycles. The van der Waals surface area contributed by atoms with Gasteiger partial charge in [0, 0.05) is 0 Å². The lowest BCUT2D eigenvalue weighted by molar-refractivity contribution is -0.0509. The zero-order valence-corrected chi connectivity index (χ0v) is 13.3. The van der Waals surface area contributed by atoms with E-state index in [1.165, 1.54) is 10.9 Å². The molecule has 1 saturated heterocycles. The van der Waals surface area contributed by atoms with E-state index in [0.717, 1.165) is 0 Å². The number of nitrogens with zero attached hydrogens (tertiary/aromatic N) is 4. The fourth-order valence-electron chi connectivity index (χ4n) is 2.62. The maximum atomic E-state index is 11.1. The largest absolute Gasteiger partial charge is 0.470 e. The second-order valence-electron chi connectivity index (χ2n) is 5.28. The molecule has 1 aliphatic heterocycles. The number of phosphoric ester groups is 1. The highest BCUT2D eigenvalue weighted by molar-refractivity contribution is 7.46. The first-order chi connectivity index (χ1) is 11.2. The van der Waals surface area contributed by atoms with E-state index in [4.69, 9.17) is 20.3 Å². The van der Waals surface area contributed by atoms with E-state index in [0.29, 0.717) is 5.82 Å². The van der Waals surface area contributed by atoms with Gasteiger partial charge in [0.15, 0.2) is 17.7 Å². The number of fused-ring (bicyclic) bond motifs is 1. The normalized spacial score (nSPS) is 27.9. The van der Waals surface area contributed by atoms with Crippen molar-refractivity contribution in [2.24, 2.45) is 0 Å². The van der Waals surface area contributed by atoms with Crippen LogP contribution in [0, 0.1) is 6.92 Å². The van der Waals surface area contributed by atoms with Crippen molar-refractivity contribution >= 4 is 24.8 Å². The zero-order valence-electron chi connectivity index (χ0n) is 12.4. The fraction of sp³-hybridized carbons (Fsp3) is 0.545. The van der Waals surface area contributed by atoms with Crippen LogP contribution < -0.4 is 5.73 Å². The Hall–Kier alpha value is -1.66. The number of anilines is 1. The van der Waals surface area contributed by atoms with Crippen LogP contribution in [-0.2, 0) is 13.8 Å². The van der Waals surface area contributed by atoms with Gasteiger partial charge in [0.2, 0.25) is 0 Å². The molecule has 0 aliphatic carbocycles. The molecule has 0 saturated carbocycles. The molecule has 1 fully saturated rings. The molecule has 0 radical (unpaired) electrons. The molecule has 0 unspecified atom stereocenters. The summed E-state index contributed by atoms with van der Waals surface area (Å²) in [5.41, 5.74) is 6.33. The van der Waals surface area contributed by atoms with Gasteiger partial charge in [0.05, 0.1) is 12.9 Å². The van der Waals surface area contributed by atoms with Crippen molar-refractivity contribution in [1.29, 1.82) is 0 Å². The summed E-state index contributed by atoms with van der Waals surface area (Å²) in [6.07, 6.45) is -3.88. The van der Waals surface area contributed by atoms with Gasteiger partial charge in [-0.1, -0.05) is 0 Å². The summed E-state index contributed by atoms with van der Waals surface area (Å²) in [5.74, 6) is 0.515. The number of imidazole rings is 1. The number of phosphoric acid groups is 1. The highest BCUT2D eigenvalue weighted by Crippen LogP contribution is 2.44. The summed E-state index contributed by atoms with van der Waals surface area (Å²) in [5, 5.41) is 19.7. The number of nitrogens with two attached hydrogens (primary N) is 1. The molecule has 4 atom stereocenters. The van der Waals surface area contributed by atoms with Crippen LogP contribution in [0.25, 0.3) is 11.2 Å². The first kappa shape index (κ1) is 17.2. The van der Waals surface area contributed by atoms with Crippen molar-refractivity contribution in [3.05, 3.63) is 12.2 Å². The molecule has 1 aliphatic rings. The molecule has 0 spiro atoms. The van der Waals surface area contributed by atoms with Gasteiger partial charge < -0.3 is 30.5 Å². The lowest BCUT2D eigenvalue weighted by Gasteiger charge is -2.20. The fourth-order valence-corrected chi connectivity index (χ4v) is 3.20. The lowest BCUT2D eigenvalue weighted by Crippen LogP contribution is -2.35. The van der Waals surface area contributed by atoms with Crippen molar-refractivity contribution in [2.45, 2.75) is 31.5 Å². The SMILES string of the molecule is Cc1nc(N)c2ncn([C@@H]3O[C@H](CO)[C@@H](OP(=O)(O)O)[C@H]3O)c2n1. The van der Waals surface area contributed by atoms with Gasteiger partial charge >= 0.3 is 7.82 Å². The van der Waals surface area contributed by atoms with Gasteiger partial charge in [0.1, 0.15) is 29.7 Å². The Labute approximate surface area is 135 Å². The summed E-state index contributed by atoms with van der Waals surface area (Å²) in [6.45, 7) is 1.01. The number of rotatable bonds is 4. The zero-order chi connectivity index (χ0) is 17.6. The summed E-state index contributed by atoms with van der Waals surface area (Å²) in [6, 6.07) is 0. The first-order valence-electron chi connectivity index (χ1n) is 6.86. The van der Waals surface area contributed by atoms with Crippen molar-refractivity contribution in [2.75, 3.05) is 12.3 Å². The number of aryl methyl sites for hydroxylation is 1. The molecule has 3 heterocycles. The number of aromatic nitrogens is 4. The molecule has 12 nitrogen and oxygen atoms in total. The van der Waals surface area contributed by atoms with Crippen molar-refractivity contribution in [3.8, 4) is 0 Å². The van der Waals surface area contributed by atoms with Crippen LogP contribution in [0.2, 0.25) is 0 Å². The number of hydrogen-bond donors (Lipinski definition) is 5. The molecular formula is C11H16N5O7P.